The van der Waals surface area contributed by atoms with E-state index in [1.165, 1.54) is 36.8 Å². The number of nitrogens with one attached hydrogen (secondary N) is 1. The lowest BCUT2D eigenvalue weighted by Gasteiger charge is -2.26. The lowest BCUT2D eigenvalue weighted by Crippen LogP contribution is -2.21. The summed E-state index contributed by atoms with van der Waals surface area (Å²) in [7, 11) is 0. The van der Waals surface area contributed by atoms with Crippen molar-refractivity contribution in [1.29, 1.82) is 0 Å². The average molecular weight is 336 g/mol. The van der Waals surface area contributed by atoms with Gasteiger partial charge < -0.3 is 10.4 Å². The summed E-state index contributed by atoms with van der Waals surface area (Å²) in [4.78, 5) is 8.90. The molecule has 22 heavy (non-hydrogen) atoms. The molecular formula is C15H17ClF3NO2. The van der Waals surface area contributed by atoms with Crippen LogP contribution in [-0.2, 0) is 17.8 Å². The van der Waals surface area contributed by atoms with Crippen LogP contribution in [0.5, 0.6) is 0 Å². The fraction of sp³-hybridized carbons (Fsp3) is 0.533. The number of benzene rings is 1. The van der Waals surface area contributed by atoms with Crippen molar-refractivity contribution in [3.05, 3.63) is 33.8 Å². The number of alkyl halides is 3. The maximum Gasteiger partial charge on any atom is 0.490 e. The van der Waals surface area contributed by atoms with Gasteiger partial charge in [-0.25, -0.2) is 4.79 Å². The highest BCUT2D eigenvalue weighted by Gasteiger charge is 2.38. The van der Waals surface area contributed by atoms with E-state index in [0.717, 1.165) is 24.0 Å². The number of halogens is 4. The second-order valence-corrected chi connectivity index (χ2v) is 5.86. The molecule has 0 aromatic heterocycles. The highest BCUT2D eigenvalue weighted by Crippen LogP contribution is 2.40. The number of rotatable bonds is 0. The Morgan fingerprint density at radius 3 is 2.64 bits per heavy atom. The van der Waals surface area contributed by atoms with Crippen LogP contribution in [0, 0.1) is 0 Å². The van der Waals surface area contributed by atoms with E-state index >= 15 is 0 Å². The highest BCUT2D eigenvalue weighted by molar-refractivity contribution is 6.31. The van der Waals surface area contributed by atoms with Gasteiger partial charge >= 0.3 is 12.1 Å². The van der Waals surface area contributed by atoms with Crippen LogP contribution in [0.2, 0.25) is 5.02 Å². The van der Waals surface area contributed by atoms with Crippen molar-refractivity contribution >= 4 is 17.6 Å². The molecule has 122 valence electrons. The van der Waals surface area contributed by atoms with Gasteiger partial charge in [0.25, 0.3) is 0 Å². The van der Waals surface area contributed by atoms with Gasteiger partial charge in [0.05, 0.1) is 0 Å². The zero-order chi connectivity index (χ0) is 16.3. The van der Waals surface area contributed by atoms with Gasteiger partial charge in [-0.3, -0.25) is 0 Å². The molecular weight excluding hydrogens is 319 g/mol. The highest BCUT2D eigenvalue weighted by atomic mass is 35.5. The monoisotopic (exact) mass is 335 g/mol. The SMILES string of the molecule is Clc1ccc2c3c1CCCC3CCNC2.O=C(O)C(F)(F)F. The van der Waals surface area contributed by atoms with Gasteiger partial charge in [-0.2, -0.15) is 13.2 Å². The Balaban J connectivity index is 0.000000217. The first kappa shape index (κ1) is 17.1. The van der Waals surface area contributed by atoms with E-state index in [1.54, 1.807) is 5.56 Å². The van der Waals surface area contributed by atoms with Crippen molar-refractivity contribution in [2.45, 2.75) is 44.3 Å². The maximum atomic E-state index is 10.6. The largest absolute Gasteiger partial charge is 0.490 e. The summed E-state index contributed by atoms with van der Waals surface area (Å²) >= 11 is 6.29. The van der Waals surface area contributed by atoms with Gasteiger partial charge in [-0.15, -0.1) is 0 Å². The second-order valence-electron chi connectivity index (χ2n) is 5.46. The zero-order valence-corrected chi connectivity index (χ0v) is 12.6. The number of carbonyl (C=O) groups is 1. The molecule has 0 bridgehead atoms. The standard InChI is InChI=1S/C13H16ClN.C2HF3O2/c14-12-5-4-10-8-15-7-6-9-2-1-3-11(12)13(9)10;3-2(4,5)1(6)7/h4-5,9,15H,1-3,6-8H2;(H,6,7). The summed E-state index contributed by atoms with van der Waals surface area (Å²) in [5, 5.41) is 11.6. The summed E-state index contributed by atoms with van der Waals surface area (Å²) < 4.78 is 31.7. The van der Waals surface area contributed by atoms with Crippen LogP contribution in [-0.4, -0.2) is 23.8 Å². The molecule has 1 atom stereocenters. The van der Waals surface area contributed by atoms with Crippen molar-refractivity contribution in [1.82, 2.24) is 5.32 Å². The number of carboxylic acid groups (broad SMARTS) is 1. The molecule has 2 N–H and O–H groups in total. The average Bonchev–Trinajstić information content (AvgIpc) is 2.66. The van der Waals surface area contributed by atoms with Crippen LogP contribution in [0.15, 0.2) is 12.1 Å². The predicted octanol–water partition coefficient (Wildman–Crippen LogP) is 3.89. The summed E-state index contributed by atoms with van der Waals surface area (Å²) in [6.45, 7) is 2.17. The molecule has 2 aliphatic rings. The molecule has 3 nitrogen and oxygen atoms in total. The number of carboxylic acids is 1. The summed E-state index contributed by atoms with van der Waals surface area (Å²) in [5.41, 5.74) is 4.50. The molecule has 1 unspecified atom stereocenters. The van der Waals surface area contributed by atoms with E-state index in [0.29, 0.717) is 0 Å². The number of hydrogen-bond donors (Lipinski definition) is 2. The summed E-state index contributed by atoms with van der Waals surface area (Å²) in [6.07, 6.45) is 0.0295. The van der Waals surface area contributed by atoms with E-state index in [-0.39, 0.29) is 0 Å². The van der Waals surface area contributed by atoms with Gasteiger partial charge in [-0.1, -0.05) is 17.7 Å². The maximum absolute atomic E-state index is 10.6. The van der Waals surface area contributed by atoms with E-state index in [4.69, 9.17) is 21.5 Å². The Morgan fingerprint density at radius 1 is 1.32 bits per heavy atom. The Labute approximate surface area is 131 Å². The van der Waals surface area contributed by atoms with Gasteiger partial charge in [0.1, 0.15) is 0 Å². The molecule has 7 heteroatoms. The zero-order valence-electron chi connectivity index (χ0n) is 11.8. The predicted molar refractivity (Wildman–Crippen MR) is 77.1 cm³/mol. The normalized spacial score (nSPS) is 20.3. The Bertz CT molecular complexity index is 560. The molecule has 0 saturated carbocycles. The van der Waals surface area contributed by atoms with E-state index in [1.807, 2.05) is 0 Å². The molecule has 1 aliphatic heterocycles. The summed E-state index contributed by atoms with van der Waals surface area (Å²) in [6, 6.07) is 4.28. The van der Waals surface area contributed by atoms with Crippen LogP contribution in [0.1, 0.15) is 41.9 Å². The quantitative estimate of drug-likeness (QED) is 0.756. The van der Waals surface area contributed by atoms with Crippen LogP contribution in [0.3, 0.4) is 0 Å². The third kappa shape index (κ3) is 3.93. The smallest absolute Gasteiger partial charge is 0.475 e. The Hall–Kier alpha value is -1.27. The Morgan fingerprint density at radius 2 is 2.00 bits per heavy atom. The minimum atomic E-state index is -5.08. The molecule has 0 saturated heterocycles. The molecule has 0 amide bonds. The molecule has 3 rings (SSSR count). The van der Waals surface area contributed by atoms with Crippen LogP contribution < -0.4 is 5.32 Å². The molecule has 1 aliphatic carbocycles. The third-order valence-corrected chi connectivity index (χ3v) is 4.36. The van der Waals surface area contributed by atoms with E-state index < -0.39 is 12.1 Å². The Kier molecular flexibility index (Phi) is 5.34. The van der Waals surface area contributed by atoms with Crippen LogP contribution in [0.25, 0.3) is 0 Å². The van der Waals surface area contributed by atoms with Gasteiger partial charge in [0.2, 0.25) is 0 Å². The van der Waals surface area contributed by atoms with Crippen molar-refractivity contribution in [3.8, 4) is 0 Å². The third-order valence-electron chi connectivity index (χ3n) is 4.01. The van der Waals surface area contributed by atoms with Gasteiger partial charge in [-0.05, 0) is 60.9 Å². The van der Waals surface area contributed by atoms with Gasteiger partial charge in [0, 0.05) is 11.6 Å². The lowest BCUT2D eigenvalue weighted by atomic mass is 9.79. The minimum absolute atomic E-state index is 0.762. The van der Waals surface area contributed by atoms with E-state index in [2.05, 4.69) is 17.4 Å². The molecule has 1 aromatic rings. The van der Waals surface area contributed by atoms with Crippen LogP contribution in [0.4, 0.5) is 13.2 Å². The van der Waals surface area contributed by atoms with Crippen molar-refractivity contribution in [2.24, 2.45) is 0 Å². The molecule has 1 aromatic carbocycles. The topological polar surface area (TPSA) is 49.3 Å². The van der Waals surface area contributed by atoms with Crippen molar-refractivity contribution in [2.75, 3.05) is 6.54 Å². The molecule has 0 radical (unpaired) electrons. The molecule has 0 fully saturated rings. The van der Waals surface area contributed by atoms with Crippen LogP contribution >= 0.6 is 11.6 Å². The summed E-state index contributed by atoms with van der Waals surface area (Å²) in [5.74, 6) is -2.00. The van der Waals surface area contributed by atoms with Gasteiger partial charge in [0.15, 0.2) is 0 Å². The van der Waals surface area contributed by atoms with Crippen molar-refractivity contribution in [3.63, 3.8) is 0 Å². The number of hydrogen-bond acceptors (Lipinski definition) is 2. The molecule has 0 spiro atoms. The minimum Gasteiger partial charge on any atom is -0.475 e. The first-order valence-corrected chi connectivity index (χ1v) is 7.49. The fourth-order valence-electron chi connectivity index (χ4n) is 3.06. The van der Waals surface area contributed by atoms with Crippen molar-refractivity contribution < 1.29 is 23.1 Å². The first-order valence-electron chi connectivity index (χ1n) is 7.11. The fourth-order valence-corrected chi connectivity index (χ4v) is 3.32. The first-order chi connectivity index (χ1) is 10.3. The van der Waals surface area contributed by atoms with E-state index in [9.17, 15) is 13.2 Å². The second kappa shape index (κ2) is 6.87. The lowest BCUT2D eigenvalue weighted by molar-refractivity contribution is -0.192. The number of aliphatic carboxylic acids is 1. The molecule has 1 heterocycles.